The molecular weight excluding hydrogens is 463 g/mol. The molecule has 4 aromatic rings. The fourth-order valence-corrected chi connectivity index (χ4v) is 4.28. The van der Waals surface area contributed by atoms with Crippen molar-refractivity contribution in [2.24, 2.45) is 5.10 Å². The molecule has 1 amide bonds. The Hall–Kier alpha value is -3.84. The number of thioether (sulfide) groups is 1. The third-order valence-electron chi connectivity index (χ3n) is 5.09. The average molecular weight is 489 g/mol. The number of halogens is 1. The van der Waals surface area contributed by atoms with E-state index in [2.05, 4.69) is 28.7 Å². The zero-order valence-electron chi connectivity index (χ0n) is 19.2. The Labute approximate surface area is 208 Å². The van der Waals surface area contributed by atoms with Gasteiger partial charge in [0.05, 0.1) is 18.6 Å². The van der Waals surface area contributed by atoms with E-state index < -0.39 is 0 Å². The second-order valence-electron chi connectivity index (χ2n) is 7.61. The summed E-state index contributed by atoms with van der Waals surface area (Å²) in [6.45, 7) is 2.65. The number of benzene rings is 4. The van der Waals surface area contributed by atoms with Crippen molar-refractivity contribution >= 4 is 34.7 Å². The van der Waals surface area contributed by atoms with E-state index in [1.807, 2.05) is 37.3 Å². The number of rotatable bonds is 10. The molecule has 7 heteroatoms. The van der Waals surface area contributed by atoms with Gasteiger partial charge in [0.15, 0.2) is 11.5 Å². The molecule has 0 aliphatic carbocycles. The summed E-state index contributed by atoms with van der Waals surface area (Å²) >= 11 is 1.48. The highest BCUT2D eigenvalue weighted by Gasteiger charge is 2.08. The molecule has 0 unspecified atom stereocenters. The Kier molecular flexibility index (Phi) is 8.35. The number of fused-ring (bicyclic) bond motifs is 1. The number of hydrazone groups is 1. The number of hydrogen-bond acceptors (Lipinski definition) is 5. The lowest BCUT2D eigenvalue weighted by Crippen LogP contribution is -2.19. The van der Waals surface area contributed by atoms with Gasteiger partial charge in [-0.3, -0.25) is 4.79 Å². The van der Waals surface area contributed by atoms with Crippen LogP contribution in [0, 0.1) is 5.82 Å². The maximum Gasteiger partial charge on any atom is 0.250 e. The van der Waals surface area contributed by atoms with E-state index in [4.69, 9.17) is 9.47 Å². The highest BCUT2D eigenvalue weighted by atomic mass is 32.2. The highest BCUT2D eigenvalue weighted by molar-refractivity contribution is 8.00. The fourth-order valence-electron chi connectivity index (χ4n) is 3.41. The van der Waals surface area contributed by atoms with Crippen molar-refractivity contribution < 1.29 is 18.7 Å². The largest absolute Gasteiger partial charge is 0.490 e. The summed E-state index contributed by atoms with van der Waals surface area (Å²) in [6.07, 6.45) is 1.56. The van der Waals surface area contributed by atoms with Gasteiger partial charge in [0.2, 0.25) is 5.91 Å². The molecule has 35 heavy (non-hydrogen) atoms. The molecule has 0 saturated carbocycles. The van der Waals surface area contributed by atoms with Gasteiger partial charge in [0.1, 0.15) is 12.4 Å². The van der Waals surface area contributed by atoms with Gasteiger partial charge in [-0.15, -0.1) is 11.8 Å². The zero-order chi connectivity index (χ0) is 24.5. The Balaban J connectivity index is 1.33. The van der Waals surface area contributed by atoms with Crippen LogP contribution < -0.4 is 14.9 Å². The minimum absolute atomic E-state index is 0.191. The summed E-state index contributed by atoms with van der Waals surface area (Å²) < 4.78 is 24.6. The first-order chi connectivity index (χ1) is 17.1. The van der Waals surface area contributed by atoms with Gasteiger partial charge >= 0.3 is 0 Å². The maximum atomic E-state index is 13.1. The van der Waals surface area contributed by atoms with Crippen molar-refractivity contribution in [3.05, 3.63) is 102 Å². The van der Waals surface area contributed by atoms with Crippen molar-refractivity contribution in [3.8, 4) is 11.5 Å². The van der Waals surface area contributed by atoms with E-state index in [0.717, 1.165) is 26.8 Å². The highest BCUT2D eigenvalue weighted by Crippen LogP contribution is 2.29. The van der Waals surface area contributed by atoms with Crippen LogP contribution in [0.4, 0.5) is 4.39 Å². The normalized spacial score (nSPS) is 11.0. The SMILES string of the molecule is CCOc1cc(/C=N/NC(=O)CSc2cccc3ccccc23)ccc1OCc1ccc(F)cc1. The molecule has 4 aromatic carbocycles. The molecule has 178 valence electrons. The Morgan fingerprint density at radius 3 is 2.60 bits per heavy atom. The van der Waals surface area contributed by atoms with Gasteiger partial charge in [0, 0.05) is 4.90 Å². The van der Waals surface area contributed by atoms with E-state index in [-0.39, 0.29) is 24.1 Å². The first-order valence-electron chi connectivity index (χ1n) is 11.2. The van der Waals surface area contributed by atoms with Gasteiger partial charge in [-0.25, -0.2) is 9.82 Å². The number of carbonyl (C=O) groups is 1. The summed E-state index contributed by atoms with van der Waals surface area (Å²) in [5.41, 5.74) is 4.18. The topological polar surface area (TPSA) is 59.9 Å². The fraction of sp³-hybridized carbons (Fsp3) is 0.143. The molecule has 0 fully saturated rings. The smallest absolute Gasteiger partial charge is 0.250 e. The van der Waals surface area contributed by atoms with Crippen LogP contribution in [0.25, 0.3) is 10.8 Å². The second kappa shape index (κ2) is 12.0. The molecule has 0 aliphatic heterocycles. The molecule has 0 atom stereocenters. The summed E-state index contributed by atoms with van der Waals surface area (Å²) in [7, 11) is 0. The number of carbonyl (C=O) groups excluding carboxylic acids is 1. The van der Waals surface area contributed by atoms with Crippen molar-refractivity contribution in [2.45, 2.75) is 18.4 Å². The lowest BCUT2D eigenvalue weighted by atomic mass is 10.1. The van der Waals surface area contributed by atoms with Crippen LogP contribution in [-0.2, 0) is 11.4 Å². The predicted octanol–water partition coefficient (Wildman–Crippen LogP) is 6.20. The van der Waals surface area contributed by atoms with Crippen LogP contribution in [0.2, 0.25) is 0 Å². The van der Waals surface area contributed by atoms with Crippen LogP contribution in [-0.4, -0.2) is 24.5 Å². The zero-order valence-corrected chi connectivity index (χ0v) is 20.1. The lowest BCUT2D eigenvalue weighted by Gasteiger charge is -2.12. The van der Waals surface area contributed by atoms with Crippen molar-refractivity contribution in [3.63, 3.8) is 0 Å². The molecular formula is C28H25FN2O3S. The van der Waals surface area contributed by atoms with Gasteiger partial charge in [-0.05, 0) is 65.2 Å². The molecule has 0 aromatic heterocycles. The van der Waals surface area contributed by atoms with Crippen LogP contribution in [0.15, 0.2) is 94.9 Å². The third kappa shape index (κ3) is 6.83. The second-order valence-corrected chi connectivity index (χ2v) is 8.63. The van der Waals surface area contributed by atoms with Crippen molar-refractivity contribution in [1.29, 1.82) is 0 Å². The van der Waals surface area contributed by atoms with Gasteiger partial charge < -0.3 is 9.47 Å². The monoisotopic (exact) mass is 488 g/mol. The molecule has 0 heterocycles. The minimum Gasteiger partial charge on any atom is -0.490 e. The molecule has 5 nitrogen and oxygen atoms in total. The molecule has 0 bridgehead atoms. The van der Waals surface area contributed by atoms with Gasteiger partial charge in [-0.1, -0.05) is 48.5 Å². The lowest BCUT2D eigenvalue weighted by molar-refractivity contribution is -0.118. The summed E-state index contributed by atoms with van der Waals surface area (Å²) in [4.78, 5) is 13.3. The standard InChI is InChI=1S/C28H25FN2O3S/c1-2-33-26-16-21(12-15-25(26)34-18-20-10-13-23(29)14-11-20)17-30-31-28(32)19-35-27-9-5-7-22-6-3-4-8-24(22)27/h3-17H,2,18-19H2,1H3,(H,31,32)/b30-17+. The van der Waals surface area contributed by atoms with Gasteiger partial charge in [-0.2, -0.15) is 5.10 Å². The third-order valence-corrected chi connectivity index (χ3v) is 6.16. The number of hydrogen-bond donors (Lipinski definition) is 1. The number of amides is 1. The Morgan fingerprint density at radius 2 is 1.77 bits per heavy atom. The number of nitrogens with one attached hydrogen (secondary N) is 1. The van der Waals surface area contributed by atoms with Gasteiger partial charge in [0.25, 0.3) is 0 Å². The molecule has 4 rings (SSSR count). The molecule has 0 saturated heterocycles. The van der Waals surface area contributed by atoms with Crippen LogP contribution >= 0.6 is 11.8 Å². The number of nitrogens with zero attached hydrogens (tertiary/aromatic N) is 1. The predicted molar refractivity (Wildman–Crippen MR) is 139 cm³/mol. The van der Waals surface area contributed by atoms with Crippen molar-refractivity contribution in [1.82, 2.24) is 5.43 Å². The number of ether oxygens (including phenoxy) is 2. The first kappa shape index (κ1) is 24.3. The van der Waals surface area contributed by atoms with Crippen LogP contribution in [0.1, 0.15) is 18.1 Å². The van der Waals surface area contributed by atoms with Crippen LogP contribution in [0.3, 0.4) is 0 Å². The Bertz CT molecular complexity index is 1320. The average Bonchev–Trinajstić information content (AvgIpc) is 2.88. The molecule has 0 radical (unpaired) electrons. The van der Waals surface area contributed by atoms with E-state index in [0.29, 0.717) is 18.1 Å². The van der Waals surface area contributed by atoms with E-state index >= 15 is 0 Å². The van der Waals surface area contributed by atoms with Crippen molar-refractivity contribution in [2.75, 3.05) is 12.4 Å². The maximum absolute atomic E-state index is 13.1. The van der Waals surface area contributed by atoms with Crippen LogP contribution in [0.5, 0.6) is 11.5 Å². The summed E-state index contributed by atoms with van der Waals surface area (Å²) in [6, 6.07) is 25.7. The quantitative estimate of drug-likeness (QED) is 0.164. The molecule has 0 spiro atoms. The summed E-state index contributed by atoms with van der Waals surface area (Å²) in [5.74, 6) is 0.918. The molecule has 1 N–H and O–H groups in total. The van der Waals surface area contributed by atoms with E-state index in [9.17, 15) is 9.18 Å². The van der Waals surface area contributed by atoms with E-state index in [1.165, 1.54) is 23.9 Å². The molecule has 0 aliphatic rings. The first-order valence-corrected chi connectivity index (χ1v) is 12.2. The Morgan fingerprint density at radius 1 is 0.971 bits per heavy atom. The minimum atomic E-state index is -0.286. The summed E-state index contributed by atoms with van der Waals surface area (Å²) in [5, 5.41) is 6.35. The van der Waals surface area contributed by atoms with E-state index in [1.54, 1.807) is 30.5 Å².